The minimum absolute atomic E-state index is 0.332. The maximum absolute atomic E-state index is 12.9. The van der Waals surface area contributed by atoms with E-state index in [1.165, 1.54) is 16.9 Å². The summed E-state index contributed by atoms with van der Waals surface area (Å²) in [4.78, 5) is 12.9. The van der Waals surface area contributed by atoms with Crippen LogP contribution in [-0.2, 0) is 11.5 Å². The van der Waals surface area contributed by atoms with Crippen molar-refractivity contribution < 1.29 is 9.32 Å². The summed E-state index contributed by atoms with van der Waals surface area (Å²) >= 11 is 9.37. The number of aromatic nitrogens is 3. The van der Waals surface area contributed by atoms with Gasteiger partial charge in [-0.3, -0.25) is 10.1 Å². The molecule has 1 N–H and O–H groups in total. The van der Waals surface area contributed by atoms with Gasteiger partial charge in [-0.2, -0.15) is 0 Å². The lowest BCUT2D eigenvalue weighted by molar-refractivity contribution is 0.102. The lowest BCUT2D eigenvalue weighted by atomic mass is 10.1. The number of nitrogens with one attached hydrogen (secondary N) is 1. The summed E-state index contributed by atoms with van der Waals surface area (Å²) in [5.41, 5.74) is 2.63. The summed E-state index contributed by atoms with van der Waals surface area (Å²) in [5.74, 6) is 1.66. The van der Waals surface area contributed by atoms with E-state index in [1.54, 1.807) is 30.8 Å². The molecule has 152 valence electrons. The van der Waals surface area contributed by atoms with E-state index in [9.17, 15) is 4.79 Å². The molecule has 0 atom stereocenters. The molecule has 0 aliphatic carbocycles. The Kier molecular flexibility index (Phi) is 6.47. The molecule has 0 spiro atoms. The van der Waals surface area contributed by atoms with E-state index in [2.05, 4.69) is 32.8 Å². The number of carbonyl (C=O) groups is 1. The lowest BCUT2D eigenvalue weighted by Gasteiger charge is -2.04. The van der Waals surface area contributed by atoms with E-state index in [0.717, 1.165) is 16.5 Å². The second-order valence-electron chi connectivity index (χ2n) is 6.38. The van der Waals surface area contributed by atoms with Crippen LogP contribution in [0.25, 0.3) is 11.3 Å². The van der Waals surface area contributed by atoms with Crippen molar-refractivity contribution in [1.29, 1.82) is 0 Å². The molecular formula is C21H17ClN4O2S2. The van der Waals surface area contributed by atoms with Gasteiger partial charge in [-0.25, -0.2) is 0 Å². The monoisotopic (exact) mass is 456 g/mol. The molecule has 4 aromatic rings. The van der Waals surface area contributed by atoms with Crippen LogP contribution < -0.4 is 5.32 Å². The summed E-state index contributed by atoms with van der Waals surface area (Å²) in [6.07, 6.45) is 0. The Bertz CT molecular complexity index is 1160. The quantitative estimate of drug-likeness (QED) is 0.376. The van der Waals surface area contributed by atoms with Gasteiger partial charge in [-0.15, -0.1) is 22.0 Å². The zero-order valence-electron chi connectivity index (χ0n) is 16.0. The van der Waals surface area contributed by atoms with Crippen LogP contribution in [0.5, 0.6) is 0 Å². The normalized spacial score (nSPS) is 10.9. The average molecular weight is 457 g/mol. The number of amides is 1. The third-order valence-electron chi connectivity index (χ3n) is 4.24. The summed E-state index contributed by atoms with van der Waals surface area (Å²) in [6.45, 7) is 1.69. The smallest absolute Gasteiger partial charge is 0.263 e. The number of nitrogens with zero attached hydrogens (tertiary/aromatic N) is 3. The van der Waals surface area contributed by atoms with Crippen molar-refractivity contribution in [2.45, 2.75) is 18.4 Å². The first-order valence-corrected chi connectivity index (χ1v) is 11.4. The predicted octanol–water partition coefficient (Wildman–Crippen LogP) is 5.84. The Hall–Kier alpha value is -2.68. The summed E-state index contributed by atoms with van der Waals surface area (Å²) < 4.78 is 5.26. The third-order valence-corrected chi connectivity index (χ3v) is 6.61. The molecule has 0 radical (unpaired) electrons. The Labute approximate surface area is 186 Å². The number of thioether (sulfide) groups is 1. The maximum Gasteiger partial charge on any atom is 0.263 e. The third kappa shape index (κ3) is 4.72. The zero-order valence-corrected chi connectivity index (χ0v) is 18.4. The van der Waals surface area contributed by atoms with Crippen LogP contribution in [0.4, 0.5) is 5.13 Å². The molecular weight excluding hydrogens is 440 g/mol. The zero-order chi connectivity index (χ0) is 20.9. The molecule has 0 saturated heterocycles. The van der Waals surface area contributed by atoms with E-state index in [1.807, 2.05) is 30.3 Å². The molecule has 0 unspecified atom stereocenters. The molecule has 2 aromatic heterocycles. The lowest BCUT2D eigenvalue weighted by Crippen LogP contribution is -2.13. The number of aryl methyl sites for hydroxylation is 1. The number of carbonyl (C=O) groups excluding carboxylic acids is 1. The summed E-state index contributed by atoms with van der Waals surface area (Å²) in [5, 5.41) is 16.9. The first-order valence-electron chi connectivity index (χ1n) is 9.08. The van der Waals surface area contributed by atoms with E-state index in [-0.39, 0.29) is 5.91 Å². The molecule has 2 aromatic carbocycles. The second kappa shape index (κ2) is 9.42. The predicted molar refractivity (Wildman–Crippen MR) is 121 cm³/mol. The number of halogens is 1. The van der Waals surface area contributed by atoms with Crippen molar-refractivity contribution in [2.75, 3.05) is 5.32 Å². The molecule has 1 amide bonds. The molecule has 0 aliphatic heterocycles. The van der Waals surface area contributed by atoms with Gasteiger partial charge in [0, 0.05) is 17.1 Å². The van der Waals surface area contributed by atoms with Gasteiger partial charge in [0.2, 0.25) is 5.13 Å². The van der Waals surface area contributed by atoms with Crippen molar-refractivity contribution in [2.24, 2.45) is 0 Å². The first kappa shape index (κ1) is 20.6. The topological polar surface area (TPSA) is 80.9 Å². The summed E-state index contributed by atoms with van der Waals surface area (Å²) in [7, 11) is 0. The van der Waals surface area contributed by atoms with Gasteiger partial charge in [0.15, 0.2) is 0 Å². The van der Waals surface area contributed by atoms with E-state index >= 15 is 0 Å². The van der Waals surface area contributed by atoms with Crippen LogP contribution in [0.2, 0.25) is 5.02 Å². The molecule has 0 bridgehead atoms. The molecule has 2 heterocycles. The second-order valence-corrected chi connectivity index (χ2v) is 8.83. The molecule has 6 nitrogen and oxygen atoms in total. The number of hydrogen-bond donors (Lipinski definition) is 1. The minimum Gasteiger partial charge on any atom is -0.360 e. The molecule has 0 saturated carbocycles. The molecule has 0 fully saturated rings. The van der Waals surface area contributed by atoms with Crippen LogP contribution in [0.1, 0.15) is 26.7 Å². The van der Waals surface area contributed by atoms with Gasteiger partial charge < -0.3 is 4.52 Å². The fourth-order valence-corrected chi connectivity index (χ4v) is 4.83. The first-order chi connectivity index (χ1) is 14.6. The van der Waals surface area contributed by atoms with Crippen molar-refractivity contribution in [3.63, 3.8) is 0 Å². The molecule has 30 heavy (non-hydrogen) atoms. The van der Waals surface area contributed by atoms with Gasteiger partial charge in [-0.1, -0.05) is 76.6 Å². The van der Waals surface area contributed by atoms with E-state index in [0.29, 0.717) is 32.7 Å². The Morgan fingerprint density at radius 2 is 1.87 bits per heavy atom. The Morgan fingerprint density at radius 1 is 1.10 bits per heavy atom. The van der Waals surface area contributed by atoms with Crippen molar-refractivity contribution >= 4 is 45.7 Å². The van der Waals surface area contributed by atoms with E-state index < -0.39 is 0 Å². The molecule has 4 rings (SSSR count). The Morgan fingerprint density at radius 3 is 2.67 bits per heavy atom. The van der Waals surface area contributed by atoms with Crippen molar-refractivity contribution in [3.8, 4) is 11.3 Å². The Balaban J connectivity index is 1.43. The SMILES string of the molecule is Cc1onc(-c2ccccc2Cl)c1C(=O)Nc1nnc(CSCc2ccccc2)s1. The highest BCUT2D eigenvalue weighted by Gasteiger charge is 2.24. The van der Waals surface area contributed by atoms with Crippen LogP contribution in [0, 0.1) is 6.92 Å². The van der Waals surface area contributed by atoms with E-state index in [4.69, 9.17) is 16.1 Å². The van der Waals surface area contributed by atoms with Gasteiger partial charge in [-0.05, 0) is 18.6 Å². The van der Waals surface area contributed by atoms with Gasteiger partial charge in [0.1, 0.15) is 22.0 Å². The highest BCUT2D eigenvalue weighted by Crippen LogP contribution is 2.32. The number of hydrogen-bond acceptors (Lipinski definition) is 7. The van der Waals surface area contributed by atoms with Crippen LogP contribution in [0.3, 0.4) is 0 Å². The maximum atomic E-state index is 12.9. The van der Waals surface area contributed by atoms with Crippen LogP contribution in [-0.4, -0.2) is 21.3 Å². The van der Waals surface area contributed by atoms with Gasteiger partial charge in [0.05, 0.1) is 5.02 Å². The highest BCUT2D eigenvalue weighted by molar-refractivity contribution is 7.97. The van der Waals surface area contributed by atoms with Crippen molar-refractivity contribution in [1.82, 2.24) is 15.4 Å². The number of rotatable bonds is 7. The minimum atomic E-state index is -0.358. The van der Waals surface area contributed by atoms with Crippen LogP contribution in [0.15, 0.2) is 59.1 Å². The highest BCUT2D eigenvalue weighted by atomic mass is 35.5. The molecule has 0 aliphatic rings. The fourth-order valence-electron chi connectivity index (χ4n) is 2.83. The fraction of sp³-hybridized carbons (Fsp3) is 0.143. The average Bonchev–Trinajstić information content (AvgIpc) is 3.35. The van der Waals surface area contributed by atoms with Gasteiger partial charge in [0.25, 0.3) is 5.91 Å². The number of anilines is 1. The van der Waals surface area contributed by atoms with Gasteiger partial charge >= 0.3 is 0 Å². The molecule has 9 heteroatoms. The summed E-state index contributed by atoms with van der Waals surface area (Å²) in [6, 6.07) is 17.4. The standard InChI is InChI=1S/C21H17ClN4O2S2/c1-13-18(19(26-28-13)15-9-5-6-10-16(15)22)20(27)23-21-25-24-17(30-21)12-29-11-14-7-3-2-4-8-14/h2-10H,11-12H2,1H3,(H,23,25,27). The van der Waals surface area contributed by atoms with Crippen LogP contribution >= 0.6 is 34.7 Å². The largest absolute Gasteiger partial charge is 0.360 e. The number of benzene rings is 2. The van der Waals surface area contributed by atoms with Crippen molar-refractivity contribution in [3.05, 3.63) is 81.5 Å².